The molecule has 0 spiro atoms. The number of amides is 1. The zero-order chi connectivity index (χ0) is 20.7. The number of pyridine rings is 1. The second-order valence-electron chi connectivity index (χ2n) is 9.05. The third-order valence-electron chi connectivity index (χ3n) is 6.61. The van der Waals surface area contributed by atoms with Gasteiger partial charge in [0.2, 0.25) is 5.91 Å². The van der Waals surface area contributed by atoms with Crippen molar-refractivity contribution in [2.24, 2.45) is 11.8 Å². The van der Waals surface area contributed by atoms with E-state index in [9.17, 15) is 14.4 Å². The second kappa shape index (κ2) is 7.69. The van der Waals surface area contributed by atoms with Gasteiger partial charge in [-0.15, -0.1) is 0 Å². The van der Waals surface area contributed by atoms with E-state index < -0.39 is 0 Å². The Balaban J connectivity index is 1.61. The number of hydrogen-bond donors (Lipinski definition) is 2. The molecule has 2 aliphatic rings. The molecule has 0 unspecified atom stereocenters. The molecule has 1 saturated heterocycles. The van der Waals surface area contributed by atoms with Crippen LogP contribution in [0.3, 0.4) is 0 Å². The molecular weight excluding hydrogens is 368 g/mol. The Morgan fingerprint density at radius 2 is 2.00 bits per heavy atom. The van der Waals surface area contributed by atoms with Gasteiger partial charge in [-0.3, -0.25) is 19.5 Å². The predicted octanol–water partition coefficient (Wildman–Crippen LogP) is 2.34. The number of H-pyrrole nitrogens is 2. The lowest BCUT2D eigenvalue weighted by Gasteiger charge is -2.47. The first-order valence-corrected chi connectivity index (χ1v) is 10.6. The van der Waals surface area contributed by atoms with E-state index >= 15 is 0 Å². The summed E-state index contributed by atoms with van der Waals surface area (Å²) in [6.07, 6.45) is 3.13. The van der Waals surface area contributed by atoms with E-state index in [0.717, 1.165) is 25.0 Å². The van der Waals surface area contributed by atoms with Gasteiger partial charge in [0.1, 0.15) is 0 Å². The molecule has 1 fully saturated rings. The van der Waals surface area contributed by atoms with E-state index in [2.05, 4.69) is 24.0 Å². The first-order valence-electron chi connectivity index (χ1n) is 10.6. The molecule has 7 heteroatoms. The van der Waals surface area contributed by atoms with Crippen molar-refractivity contribution < 1.29 is 4.79 Å². The van der Waals surface area contributed by atoms with E-state index in [4.69, 9.17) is 0 Å². The zero-order valence-corrected chi connectivity index (χ0v) is 17.4. The Hall–Kier alpha value is -2.57. The Morgan fingerprint density at radius 1 is 1.21 bits per heavy atom. The third-order valence-corrected chi connectivity index (χ3v) is 6.61. The van der Waals surface area contributed by atoms with Crippen molar-refractivity contribution in [2.75, 3.05) is 13.1 Å². The largest absolute Gasteiger partial charge is 0.341 e. The predicted molar refractivity (Wildman–Crippen MR) is 111 cm³/mol. The summed E-state index contributed by atoms with van der Waals surface area (Å²) in [5.41, 5.74) is 2.13. The van der Waals surface area contributed by atoms with Gasteiger partial charge in [0.05, 0.1) is 6.42 Å². The van der Waals surface area contributed by atoms with Crippen LogP contribution in [-0.4, -0.2) is 38.7 Å². The topological polar surface area (TPSA) is 91.0 Å². The lowest BCUT2D eigenvalue weighted by Crippen LogP contribution is -2.51. The van der Waals surface area contributed by atoms with Crippen LogP contribution in [0.5, 0.6) is 0 Å². The summed E-state index contributed by atoms with van der Waals surface area (Å²) in [5.74, 6) is 1.00. The second-order valence-corrected chi connectivity index (χ2v) is 9.05. The minimum atomic E-state index is -0.222. The van der Waals surface area contributed by atoms with Crippen molar-refractivity contribution in [3.05, 3.63) is 55.9 Å². The van der Waals surface area contributed by atoms with E-state index in [0.29, 0.717) is 30.3 Å². The standard InChI is InChI=1S/C22H30N4O3/c1-13(2)7-8-19-16-9-15(18-5-4-6-20(27)26(18)19)11-25(12-16)21(28)10-17-14(3)23-24-22(17)29/h4-6,13,15-16,19H,7-12H2,1-3H3,(H2,23,24,29)/t15-,16+,19+/m1/s1. The molecule has 156 valence electrons. The van der Waals surface area contributed by atoms with Gasteiger partial charge in [0.25, 0.3) is 11.1 Å². The summed E-state index contributed by atoms with van der Waals surface area (Å²) in [5, 5.41) is 5.34. The van der Waals surface area contributed by atoms with Crippen LogP contribution in [0, 0.1) is 18.8 Å². The minimum Gasteiger partial charge on any atom is -0.341 e. The van der Waals surface area contributed by atoms with Crippen LogP contribution in [0.25, 0.3) is 0 Å². The summed E-state index contributed by atoms with van der Waals surface area (Å²) in [4.78, 5) is 39.6. The van der Waals surface area contributed by atoms with Crippen LogP contribution in [0.15, 0.2) is 27.8 Å². The maximum atomic E-state index is 13.0. The number of aromatic amines is 2. The van der Waals surface area contributed by atoms with Gasteiger partial charge in [-0.05, 0) is 44.1 Å². The maximum Gasteiger partial charge on any atom is 0.267 e. The van der Waals surface area contributed by atoms with E-state index in [1.165, 1.54) is 0 Å². The number of rotatable bonds is 5. The average Bonchev–Trinajstić information content (AvgIpc) is 3.00. The lowest BCUT2D eigenvalue weighted by atomic mass is 9.76. The number of fused-ring (bicyclic) bond motifs is 4. The van der Waals surface area contributed by atoms with E-state index in [1.54, 1.807) is 13.0 Å². The highest BCUT2D eigenvalue weighted by molar-refractivity contribution is 5.79. The highest BCUT2D eigenvalue weighted by Crippen LogP contribution is 2.43. The molecule has 2 aromatic rings. The monoisotopic (exact) mass is 398 g/mol. The zero-order valence-electron chi connectivity index (χ0n) is 17.4. The fourth-order valence-corrected chi connectivity index (χ4v) is 5.07. The number of carbonyl (C=O) groups is 1. The van der Waals surface area contributed by atoms with Gasteiger partial charge >= 0.3 is 0 Å². The third kappa shape index (κ3) is 3.70. The molecule has 2 N–H and O–H groups in total. The molecule has 1 amide bonds. The van der Waals surface area contributed by atoms with Crippen molar-refractivity contribution in [3.8, 4) is 0 Å². The van der Waals surface area contributed by atoms with Crippen molar-refractivity contribution in [2.45, 2.75) is 58.4 Å². The first-order chi connectivity index (χ1) is 13.8. The lowest BCUT2D eigenvalue weighted by molar-refractivity contribution is -0.133. The van der Waals surface area contributed by atoms with Gasteiger partial charge in [-0.1, -0.05) is 19.9 Å². The van der Waals surface area contributed by atoms with Crippen molar-refractivity contribution in [1.29, 1.82) is 0 Å². The fourth-order valence-electron chi connectivity index (χ4n) is 5.07. The molecule has 4 heterocycles. The molecule has 29 heavy (non-hydrogen) atoms. The van der Waals surface area contributed by atoms with Gasteiger partial charge in [-0.25, -0.2) is 0 Å². The number of aryl methyl sites for hydroxylation is 1. The summed E-state index contributed by atoms with van der Waals surface area (Å²) in [6.45, 7) is 7.47. The van der Waals surface area contributed by atoms with Crippen molar-refractivity contribution >= 4 is 5.91 Å². The van der Waals surface area contributed by atoms with Gasteiger partial charge in [0.15, 0.2) is 0 Å². The number of nitrogens with one attached hydrogen (secondary N) is 2. The summed E-state index contributed by atoms with van der Waals surface area (Å²) in [6, 6.07) is 5.65. The molecule has 3 atom stereocenters. The number of carbonyl (C=O) groups excluding carboxylic acids is 1. The Morgan fingerprint density at radius 3 is 2.69 bits per heavy atom. The number of hydrogen-bond acceptors (Lipinski definition) is 3. The maximum absolute atomic E-state index is 13.0. The minimum absolute atomic E-state index is 0.0118. The Labute approximate surface area is 170 Å². The Bertz CT molecular complexity index is 1020. The molecule has 0 aromatic carbocycles. The number of piperidine rings is 1. The summed E-state index contributed by atoms with van der Waals surface area (Å²) >= 11 is 0. The van der Waals surface area contributed by atoms with E-state index in [-0.39, 0.29) is 41.3 Å². The molecule has 2 aliphatic heterocycles. The van der Waals surface area contributed by atoms with Gasteiger partial charge < -0.3 is 14.6 Å². The first kappa shape index (κ1) is 19.7. The van der Waals surface area contributed by atoms with Crippen molar-refractivity contribution in [3.63, 3.8) is 0 Å². The highest BCUT2D eigenvalue weighted by Gasteiger charge is 2.41. The van der Waals surface area contributed by atoms with Crippen LogP contribution in [0.1, 0.15) is 62.0 Å². The van der Waals surface area contributed by atoms with Crippen LogP contribution in [-0.2, 0) is 11.2 Å². The number of nitrogens with zero attached hydrogens (tertiary/aromatic N) is 2. The molecule has 2 bridgehead atoms. The molecule has 2 aromatic heterocycles. The normalized spacial score (nSPS) is 23.3. The van der Waals surface area contributed by atoms with Crippen LogP contribution in [0.2, 0.25) is 0 Å². The number of likely N-dealkylation sites (tertiary alicyclic amines) is 1. The van der Waals surface area contributed by atoms with E-state index in [1.807, 2.05) is 21.6 Å². The molecule has 7 nitrogen and oxygen atoms in total. The molecule has 0 aliphatic carbocycles. The molecular formula is C22H30N4O3. The SMILES string of the molecule is Cc1[nH][nH]c(=O)c1CC(=O)N1C[C@H]2C[C@@H](C1)[C@H](CCC(C)C)n1c2cccc1=O. The average molecular weight is 399 g/mol. The van der Waals surface area contributed by atoms with Crippen LogP contribution in [0.4, 0.5) is 0 Å². The smallest absolute Gasteiger partial charge is 0.267 e. The van der Waals surface area contributed by atoms with Gasteiger partial charge in [-0.2, -0.15) is 0 Å². The molecule has 4 rings (SSSR count). The van der Waals surface area contributed by atoms with Gasteiger partial charge in [0, 0.05) is 48.1 Å². The fraction of sp³-hybridized carbons (Fsp3) is 0.591. The Kier molecular flexibility index (Phi) is 5.23. The quantitative estimate of drug-likeness (QED) is 0.810. The highest BCUT2D eigenvalue weighted by atomic mass is 16.2. The molecule has 0 saturated carbocycles. The molecule has 0 radical (unpaired) electrons. The van der Waals surface area contributed by atoms with Crippen LogP contribution >= 0.6 is 0 Å². The summed E-state index contributed by atoms with van der Waals surface area (Å²) in [7, 11) is 0. The van der Waals surface area contributed by atoms with Crippen LogP contribution < -0.4 is 11.1 Å². The summed E-state index contributed by atoms with van der Waals surface area (Å²) < 4.78 is 2.00. The van der Waals surface area contributed by atoms with Crippen molar-refractivity contribution in [1.82, 2.24) is 19.7 Å². The number of aromatic nitrogens is 3.